The molecule has 2 saturated carbocycles. The average molecular weight is 240 g/mol. The SMILES string of the molecule is COC(=O)CC1(C(=O)O)CC2CC1C(C)C2C. The Kier molecular flexibility index (Phi) is 2.92. The molecule has 5 unspecified atom stereocenters. The van der Waals surface area contributed by atoms with Crippen molar-refractivity contribution in [3.63, 3.8) is 0 Å². The number of hydrogen-bond acceptors (Lipinski definition) is 3. The zero-order valence-electron chi connectivity index (χ0n) is 10.6. The Balaban J connectivity index is 2.27. The first-order valence-corrected chi connectivity index (χ1v) is 6.22. The lowest BCUT2D eigenvalue weighted by Gasteiger charge is -2.39. The summed E-state index contributed by atoms with van der Waals surface area (Å²) in [5.41, 5.74) is -0.871. The van der Waals surface area contributed by atoms with Gasteiger partial charge in [0.05, 0.1) is 18.9 Å². The van der Waals surface area contributed by atoms with E-state index in [1.54, 1.807) is 0 Å². The minimum Gasteiger partial charge on any atom is -0.481 e. The lowest BCUT2D eigenvalue weighted by molar-refractivity contribution is -0.162. The number of rotatable bonds is 3. The number of carbonyl (C=O) groups is 2. The molecule has 2 fully saturated rings. The number of fused-ring (bicyclic) bond motifs is 2. The van der Waals surface area contributed by atoms with Gasteiger partial charge >= 0.3 is 11.9 Å². The van der Waals surface area contributed by atoms with Crippen LogP contribution in [0.1, 0.15) is 33.1 Å². The van der Waals surface area contributed by atoms with E-state index in [0.717, 1.165) is 6.42 Å². The van der Waals surface area contributed by atoms with Gasteiger partial charge in [-0.15, -0.1) is 0 Å². The third kappa shape index (κ3) is 1.65. The zero-order valence-corrected chi connectivity index (χ0v) is 10.6. The third-order valence-electron chi connectivity index (χ3n) is 5.21. The first-order chi connectivity index (χ1) is 7.92. The Morgan fingerprint density at radius 2 is 2.00 bits per heavy atom. The smallest absolute Gasteiger partial charge is 0.310 e. The summed E-state index contributed by atoms with van der Waals surface area (Å²) in [5, 5.41) is 9.53. The molecule has 0 aromatic heterocycles. The van der Waals surface area contributed by atoms with E-state index in [-0.39, 0.29) is 12.3 Å². The highest BCUT2D eigenvalue weighted by atomic mass is 16.5. The fourth-order valence-electron chi connectivity index (χ4n) is 4.02. The quantitative estimate of drug-likeness (QED) is 0.766. The number of ether oxygens (including phenoxy) is 1. The van der Waals surface area contributed by atoms with Crippen molar-refractivity contribution in [2.45, 2.75) is 33.1 Å². The van der Waals surface area contributed by atoms with Crippen LogP contribution in [0.15, 0.2) is 0 Å². The average Bonchev–Trinajstić information content (AvgIpc) is 2.78. The van der Waals surface area contributed by atoms with Crippen LogP contribution in [0.5, 0.6) is 0 Å². The van der Waals surface area contributed by atoms with Crippen LogP contribution in [0.2, 0.25) is 0 Å². The van der Waals surface area contributed by atoms with Crippen LogP contribution in [0.3, 0.4) is 0 Å². The topological polar surface area (TPSA) is 63.6 Å². The Morgan fingerprint density at radius 3 is 2.41 bits per heavy atom. The van der Waals surface area contributed by atoms with E-state index in [1.165, 1.54) is 7.11 Å². The van der Waals surface area contributed by atoms with E-state index in [2.05, 4.69) is 18.6 Å². The molecule has 0 heterocycles. The van der Waals surface area contributed by atoms with E-state index >= 15 is 0 Å². The summed E-state index contributed by atoms with van der Waals surface area (Å²) >= 11 is 0. The molecule has 4 heteroatoms. The molecule has 17 heavy (non-hydrogen) atoms. The predicted molar refractivity (Wildman–Crippen MR) is 61.2 cm³/mol. The van der Waals surface area contributed by atoms with E-state index in [9.17, 15) is 14.7 Å². The summed E-state index contributed by atoms with van der Waals surface area (Å²) in [6, 6.07) is 0. The van der Waals surface area contributed by atoms with Crippen LogP contribution in [-0.2, 0) is 14.3 Å². The summed E-state index contributed by atoms with van der Waals surface area (Å²) in [6.45, 7) is 4.31. The molecular formula is C13H20O4. The van der Waals surface area contributed by atoms with Gasteiger partial charge in [0.2, 0.25) is 0 Å². The van der Waals surface area contributed by atoms with E-state index in [1.807, 2.05) is 0 Å². The number of hydrogen-bond donors (Lipinski definition) is 1. The van der Waals surface area contributed by atoms with Crippen LogP contribution in [0, 0.1) is 29.1 Å². The highest BCUT2D eigenvalue weighted by molar-refractivity contribution is 5.83. The maximum absolute atomic E-state index is 11.6. The van der Waals surface area contributed by atoms with Gasteiger partial charge in [0.25, 0.3) is 0 Å². The van der Waals surface area contributed by atoms with Gasteiger partial charge in [-0.25, -0.2) is 0 Å². The maximum Gasteiger partial charge on any atom is 0.310 e. The standard InChI is InChI=1S/C13H20O4/c1-7-8(2)10-4-9(7)5-13(10,12(15)16)6-11(14)17-3/h7-10H,4-6H2,1-3H3,(H,15,16). The summed E-state index contributed by atoms with van der Waals surface area (Å²) in [4.78, 5) is 23.1. The van der Waals surface area contributed by atoms with Crippen molar-refractivity contribution < 1.29 is 19.4 Å². The molecule has 96 valence electrons. The van der Waals surface area contributed by atoms with Crippen molar-refractivity contribution in [1.29, 1.82) is 0 Å². The van der Waals surface area contributed by atoms with Crippen molar-refractivity contribution in [3.8, 4) is 0 Å². The monoisotopic (exact) mass is 240 g/mol. The third-order valence-corrected chi connectivity index (χ3v) is 5.21. The maximum atomic E-state index is 11.6. The molecule has 0 aromatic carbocycles. The number of methoxy groups -OCH3 is 1. The van der Waals surface area contributed by atoms with Crippen LogP contribution < -0.4 is 0 Å². The molecule has 4 nitrogen and oxygen atoms in total. The van der Waals surface area contributed by atoms with Crippen molar-refractivity contribution in [2.24, 2.45) is 29.1 Å². The Hall–Kier alpha value is -1.06. The normalized spacial score (nSPS) is 43.7. The number of esters is 1. The lowest BCUT2D eigenvalue weighted by atomic mass is 9.64. The summed E-state index contributed by atoms with van der Waals surface area (Å²) in [6.07, 6.45) is 1.61. The molecule has 0 radical (unpaired) electrons. The van der Waals surface area contributed by atoms with Gasteiger partial charge in [-0.1, -0.05) is 13.8 Å². The molecule has 2 bridgehead atoms. The molecule has 2 aliphatic carbocycles. The fraction of sp³-hybridized carbons (Fsp3) is 0.846. The number of aliphatic carboxylic acids is 1. The molecule has 5 atom stereocenters. The molecule has 0 saturated heterocycles. The van der Waals surface area contributed by atoms with E-state index in [0.29, 0.717) is 24.2 Å². The molecule has 0 amide bonds. The van der Waals surface area contributed by atoms with Crippen molar-refractivity contribution in [3.05, 3.63) is 0 Å². The van der Waals surface area contributed by atoms with Crippen molar-refractivity contribution in [2.75, 3.05) is 7.11 Å². The second-order valence-corrected chi connectivity index (χ2v) is 5.74. The van der Waals surface area contributed by atoms with Crippen LogP contribution in [0.4, 0.5) is 0 Å². The lowest BCUT2D eigenvalue weighted by Crippen LogP contribution is -2.43. The zero-order chi connectivity index (χ0) is 12.8. The fourth-order valence-corrected chi connectivity index (χ4v) is 4.02. The number of carboxylic acids is 1. The summed E-state index contributed by atoms with van der Waals surface area (Å²) < 4.78 is 4.65. The number of carboxylic acid groups (broad SMARTS) is 1. The first-order valence-electron chi connectivity index (χ1n) is 6.22. The van der Waals surface area contributed by atoms with Gasteiger partial charge in [0.1, 0.15) is 0 Å². The number of carbonyl (C=O) groups excluding carboxylic acids is 1. The minimum absolute atomic E-state index is 0.0249. The minimum atomic E-state index is -0.871. The van der Waals surface area contributed by atoms with Crippen molar-refractivity contribution >= 4 is 11.9 Å². The van der Waals surface area contributed by atoms with Gasteiger partial charge < -0.3 is 9.84 Å². The van der Waals surface area contributed by atoms with Crippen LogP contribution in [0.25, 0.3) is 0 Å². The van der Waals surface area contributed by atoms with Gasteiger partial charge in [-0.2, -0.15) is 0 Å². The van der Waals surface area contributed by atoms with Gasteiger partial charge in [-0.05, 0) is 36.5 Å². The molecular weight excluding hydrogens is 220 g/mol. The van der Waals surface area contributed by atoms with E-state index in [4.69, 9.17) is 0 Å². The molecule has 0 aliphatic heterocycles. The first kappa shape index (κ1) is 12.4. The van der Waals surface area contributed by atoms with Gasteiger partial charge in [-0.3, -0.25) is 9.59 Å². The van der Waals surface area contributed by atoms with Crippen molar-refractivity contribution in [1.82, 2.24) is 0 Å². The van der Waals surface area contributed by atoms with Gasteiger partial charge in [0, 0.05) is 0 Å². The highest BCUT2D eigenvalue weighted by Gasteiger charge is 2.61. The molecule has 2 aliphatic rings. The summed E-state index contributed by atoms with van der Waals surface area (Å²) in [5.74, 6) is 0.309. The molecule has 1 N–H and O–H groups in total. The highest BCUT2D eigenvalue weighted by Crippen LogP contribution is 2.62. The Morgan fingerprint density at radius 1 is 1.35 bits per heavy atom. The largest absolute Gasteiger partial charge is 0.481 e. The predicted octanol–water partition coefficient (Wildman–Crippen LogP) is 1.93. The second-order valence-electron chi connectivity index (χ2n) is 5.74. The summed E-state index contributed by atoms with van der Waals surface area (Å²) in [7, 11) is 1.32. The second kappa shape index (κ2) is 4.00. The molecule has 0 aromatic rings. The molecule has 0 spiro atoms. The van der Waals surface area contributed by atoms with Gasteiger partial charge in [0.15, 0.2) is 0 Å². The Labute approximate surface area is 101 Å². The van der Waals surface area contributed by atoms with Crippen LogP contribution >= 0.6 is 0 Å². The molecule has 2 rings (SSSR count). The van der Waals surface area contributed by atoms with E-state index < -0.39 is 17.4 Å². The van der Waals surface area contributed by atoms with Crippen LogP contribution in [-0.4, -0.2) is 24.2 Å². The Bertz CT molecular complexity index is 349.